The molecule has 0 unspecified atom stereocenters. The minimum Gasteiger partial charge on any atom is -0.393 e. The molecule has 1 saturated heterocycles. The third-order valence-electron chi connectivity index (χ3n) is 5.10. The molecule has 3 N–H and O–H groups in total. The monoisotopic (exact) mass is 467 g/mol. The molecule has 0 amide bonds. The van der Waals surface area contributed by atoms with E-state index in [2.05, 4.69) is 34.4 Å². The van der Waals surface area contributed by atoms with Gasteiger partial charge in [-0.05, 0) is 72.1 Å². The molecule has 0 spiro atoms. The van der Waals surface area contributed by atoms with Gasteiger partial charge in [0.1, 0.15) is 0 Å². The average molecular weight is 467 g/mol. The van der Waals surface area contributed by atoms with Gasteiger partial charge in [0.15, 0.2) is 5.96 Å². The number of guanidine groups is 1. The van der Waals surface area contributed by atoms with Gasteiger partial charge in [-0.3, -0.25) is 4.99 Å². The molecule has 1 saturated carbocycles. The van der Waals surface area contributed by atoms with E-state index in [4.69, 9.17) is 4.99 Å². The van der Waals surface area contributed by atoms with E-state index in [0.29, 0.717) is 6.04 Å². The van der Waals surface area contributed by atoms with Gasteiger partial charge in [0.2, 0.25) is 0 Å². The van der Waals surface area contributed by atoms with Crippen LogP contribution in [0.5, 0.6) is 0 Å². The first-order valence-corrected chi connectivity index (χ1v) is 9.81. The van der Waals surface area contributed by atoms with Gasteiger partial charge in [0.05, 0.1) is 6.10 Å². The average Bonchev–Trinajstić information content (AvgIpc) is 2.78. The van der Waals surface area contributed by atoms with Crippen LogP contribution in [0.1, 0.15) is 45.4 Å². The summed E-state index contributed by atoms with van der Waals surface area (Å²) in [5.74, 6) is 0.939. The van der Waals surface area contributed by atoms with Gasteiger partial charge in [0, 0.05) is 32.2 Å². The van der Waals surface area contributed by atoms with Crippen LogP contribution in [-0.2, 0) is 0 Å². The van der Waals surface area contributed by atoms with Gasteiger partial charge in [-0.15, -0.1) is 24.0 Å². The molecule has 0 aromatic heterocycles. The number of nitrogens with one attached hydrogen (secondary N) is 2. The molecule has 0 aromatic carbocycles. The summed E-state index contributed by atoms with van der Waals surface area (Å²) in [5, 5.41) is 16.5. The van der Waals surface area contributed by atoms with Crippen LogP contribution in [0.15, 0.2) is 4.99 Å². The third kappa shape index (κ3) is 9.40. The molecule has 7 heteroatoms. The van der Waals surface area contributed by atoms with Gasteiger partial charge in [-0.1, -0.05) is 0 Å². The van der Waals surface area contributed by atoms with E-state index in [1.54, 1.807) is 0 Å². The first-order chi connectivity index (χ1) is 11.7. The zero-order valence-corrected chi connectivity index (χ0v) is 18.4. The minimum atomic E-state index is -0.102. The van der Waals surface area contributed by atoms with Crippen molar-refractivity contribution in [3.05, 3.63) is 0 Å². The van der Waals surface area contributed by atoms with Crippen molar-refractivity contribution in [2.45, 2.75) is 57.6 Å². The van der Waals surface area contributed by atoms with Gasteiger partial charge in [-0.25, -0.2) is 0 Å². The molecule has 6 nitrogen and oxygen atoms in total. The van der Waals surface area contributed by atoms with E-state index < -0.39 is 0 Å². The molecule has 2 aliphatic rings. The Hall–Kier alpha value is -0.120. The predicted molar refractivity (Wildman–Crippen MR) is 116 cm³/mol. The lowest BCUT2D eigenvalue weighted by atomic mass is 9.93. The number of likely N-dealkylation sites (N-methyl/N-ethyl adjacent to an activating group) is 1. The molecule has 1 heterocycles. The second kappa shape index (κ2) is 13.1. The second-order valence-corrected chi connectivity index (χ2v) is 7.26. The summed E-state index contributed by atoms with van der Waals surface area (Å²) in [6, 6.07) is 0.451. The number of aliphatic imine (C=N–C) groups is 1. The minimum absolute atomic E-state index is 0. The fourth-order valence-electron chi connectivity index (χ4n) is 3.54. The van der Waals surface area contributed by atoms with Crippen LogP contribution >= 0.6 is 24.0 Å². The number of halogens is 1. The van der Waals surface area contributed by atoms with E-state index in [1.807, 2.05) is 0 Å². The topological polar surface area (TPSA) is 63.1 Å². The van der Waals surface area contributed by atoms with Crippen molar-refractivity contribution in [2.75, 3.05) is 52.9 Å². The van der Waals surface area contributed by atoms with Crippen LogP contribution in [0.25, 0.3) is 0 Å². The zero-order chi connectivity index (χ0) is 17.2. The predicted octanol–water partition coefficient (Wildman–Crippen LogP) is 1.49. The Labute approximate surface area is 170 Å². The number of rotatable bonds is 6. The number of hydrogen-bond donors (Lipinski definition) is 3. The lowest BCUT2D eigenvalue weighted by Crippen LogP contribution is -2.45. The molecule has 0 atom stereocenters. The molecule has 0 aromatic rings. The van der Waals surface area contributed by atoms with Crippen molar-refractivity contribution in [3.63, 3.8) is 0 Å². The van der Waals surface area contributed by atoms with Gasteiger partial charge in [-0.2, -0.15) is 0 Å². The quantitative estimate of drug-likeness (QED) is 0.239. The Morgan fingerprint density at radius 3 is 2.60 bits per heavy atom. The first-order valence-electron chi connectivity index (χ1n) is 9.81. The lowest BCUT2D eigenvalue weighted by molar-refractivity contribution is 0.120. The number of nitrogens with zero attached hydrogens (tertiary/aromatic N) is 3. The van der Waals surface area contributed by atoms with Gasteiger partial charge in [0.25, 0.3) is 0 Å². The van der Waals surface area contributed by atoms with Crippen LogP contribution in [0, 0.1) is 0 Å². The third-order valence-corrected chi connectivity index (χ3v) is 5.10. The van der Waals surface area contributed by atoms with E-state index in [1.165, 1.54) is 32.6 Å². The maximum Gasteiger partial charge on any atom is 0.191 e. The van der Waals surface area contributed by atoms with Crippen molar-refractivity contribution in [2.24, 2.45) is 4.99 Å². The summed E-state index contributed by atoms with van der Waals surface area (Å²) >= 11 is 0. The summed E-state index contributed by atoms with van der Waals surface area (Å²) in [4.78, 5) is 9.74. The van der Waals surface area contributed by atoms with Crippen LogP contribution in [0.3, 0.4) is 0 Å². The molecule has 2 rings (SSSR count). The van der Waals surface area contributed by atoms with E-state index in [0.717, 1.165) is 57.7 Å². The Kier molecular flexibility index (Phi) is 12.0. The highest BCUT2D eigenvalue weighted by Gasteiger charge is 2.20. The summed E-state index contributed by atoms with van der Waals surface area (Å²) in [6.45, 7) is 9.82. The lowest BCUT2D eigenvalue weighted by Gasteiger charge is -2.27. The zero-order valence-electron chi connectivity index (χ0n) is 16.0. The largest absolute Gasteiger partial charge is 0.393 e. The fourth-order valence-corrected chi connectivity index (χ4v) is 3.54. The summed E-state index contributed by atoms with van der Waals surface area (Å²) in [6.07, 6.45) is 6.16. The van der Waals surface area contributed by atoms with E-state index >= 15 is 0 Å². The maximum absolute atomic E-state index is 9.62. The molecule has 1 aliphatic heterocycles. The number of hydrogen-bond acceptors (Lipinski definition) is 4. The van der Waals surface area contributed by atoms with Crippen molar-refractivity contribution < 1.29 is 5.11 Å². The van der Waals surface area contributed by atoms with Gasteiger partial charge >= 0.3 is 0 Å². The second-order valence-electron chi connectivity index (χ2n) is 7.26. The van der Waals surface area contributed by atoms with Crippen molar-refractivity contribution >= 4 is 29.9 Å². The summed E-state index contributed by atoms with van der Waals surface area (Å²) in [7, 11) is 2.21. The summed E-state index contributed by atoms with van der Waals surface area (Å²) in [5.41, 5.74) is 0. The molecule has 2 fully saturated rings. The first kappa shape index (κ1) is 22.9. The Balaban J connectivity index is 0.00000312. The van der Waals surface area contributed by atoms with Crippen LogP contribution in [0.4, 0.5) is 0 Å². The SMILES string of the molecule is CCNC(=NCCCN1CCCN(C)CC1)NC1CCC(O)CC1.I. The number of aliphatic hydroxyl groups is 1. The fraction of sp³-hybridized carbons (Fsp3) is 0.944. The standard InChI is InChI=1S/C18H37N5O.HI/c1-3-19-18(21-16-6-8-17(24)9-7-16)20-10-4-12-23-13-5-11-22(2)14-15-23;/h16-17,24H,3-15H2,1-2H3,(H2,19,20,21);1H. The molecule has 0 bridgehead atoms. The Morgan fingerprint density at radius 1 is 1.12 bits per heavy atom. The molecular formula is C18H38IN5O. The normalized spacial score (nSPS) is 26.6. The van der Waals surface area contributed by atoms with Crippen LogP contribution in [-0.4, -0.2) is 85.9 Å². The molecular weight excluding hydrogens is 429 g/mol. The molecule has 0 radical (unpaired) electrons. The molecule has 148 valence electrons. The Morgan fingerprint density at radius 2 is 1.88 bits per heavy atom. The smallest absolute Gasteiger partial charge is 0.191 e. The van der Waals surface area contributed by atoms with E-state index in [-0.39, 0.29) is 30.1 Å². The Bertz CT molecular complexity index is 374. The molecule has 25 heavy (non-hydrogen) atoms. The summed E-state index contributed by atoms with van der Waals surface area (Å²) < 4.78 is 0. The van der Waals surface area contributed by atoms with Crippen LogP contribution < -0.4 is 10.6 Å². The van der Waals surface area contributed by atoms with Crippen LogP contribution in [0.2, 0.25) is 0 Å². The van der Waals surface area contributed by atoms with Crippen molar-refractivity contribution in [3.8, 4) is 0 Å². The highest BCUT2D eigenvalue weighted by molar-refractivity contribution is 14.0. The maximum atomic E-state index is 9.62. The number of aliphatic hydroxyl groups excluding tert-OH is 1. The van der Waals surface area contributed by atoms with E-state index in [9.17, 15) is 5.11 Å². The highest BCUT2D eigenvalue weighted by Crippen LogP contribution is 2.18. The van der Waals surface area contributed by atoms with Gasteiger partial charge < -0.3 is 25.5 Å². The molecule has 1 aliphatic carbocycles. The highest BCUT2D eigenvalue weighted by atomic mass is 127. The van der Waals surface area contributed by atoms with Crippen molar-refractivity contribution in [1.82, 2.24) is 20.4 Å². The van der Waals surface area contributed by atoms with Crippen molar-refractivity contribution in [1.29, 1.82) is 0 Å².